The summed E-state index contributed by atoms with van der Waals surface area (Å²) in [6.07, 6.45) is -0.940. The lowest BCUT2D eigenvalue weighted by molar-refractivity contribution is 0.0488. The molecule has 2 unspecified atom stereocenters. The number of rotatable bonds is 4. The van der Waals surface area contributed by atoms with Crippen LogP contribution < -0.4 is 4.74 Å². The molecule has 0 aliphatic rings. The van der Waals surface area contributed by atoms with E-state index in [-0.39, 0.29) is 6.10 Å². The van der Waals surface area contributed by atoms with Crippen LogP contribution in [0.3, 0.4) is 0 Å². The Labute approximate surface area is 116 Å². The summed E-state index contributed by atoms with van der Waals surface area (Å²) >= 11 is 7.44. The van der Waals surface area contributed by atoms with Crippen LogP contribution >= 0.6 is 22.9 Å². The number of hydrogen-bond acceptors (Lipinski definition) is 3. The minimum absolute atomic E-state index is 0.319. The van der Waals surface area contributed by atoms with Crippen molar-refractivity contribution < 1.29 is 9.84 Å². The highest BCUT2D eigenvalue weighted by molar-refractivity contribution is 7.10. The Balaban J connectivity index is 2.08. The van der Waals surface area contributed by atoms with E-state index < -0.39 is 6.10 Å². The topological polar surface area (TPSA) is 29.5 Å². The van der Waals surface area contributed by atoms with Gasteiger partial charge in [0.1, 0.15) is 18.0 Å². The van der Waals surface area contributed by atoms with E-state index in [4.69, 9.17) is 16.3 Å². The van der Waals surface area contributed by atoms with Crippen LogP contribution in [-0.4, -0.2) is 11.2 Å². The highest BCUT2D eigenvalue weighted by atomic mass is 35.5. The molecule has 0 aliphatic carbocycles. The molecule has 2 rings (SSSR count). The average Bonchev–Trinajstić information content (AvgIpc) is 2.74. The number of aliphatic hydroxyl groups excluding tert-OH is 1. The zero-order valence-electron chi connectivity index (χ0n) is 10.3. The number of hydrogen-bond donors (Lipinski definition) is 1. The maximum atomic E-state index is 10.2. The third kappa shape index (κ3) is 3.05. The van der Waals surface area contributed by atoms with E-state index in [1.807, 2.05) is 37.4 Å². The fourth-order valence-electron chi connectivity index (χ4n) is 1.72. The van der Waals surface area contributed by atoms with Crippen molar-refractivity contribution in [1.29, 1.82) is 0 Å². The third-order valence-corrected chi connectivity index (χ3v) is 4.06. The number of halogens is 1. The first-order valence-corrected chi connectivity index (χ1v) is 6.98. The molecule has 1 N–H and O–H groups in total. The molecule has 1 aromatic carbocycles. The highest BCUT2D eigenvalue weighted by Gasteiger charge is 2.20. The molecular formula is C14H15ClO2S. The van der Waals surface area contributed by atoms with Crippen LogP contribution in [0.15, 0.2) is 35.7 Å². The van der Waals surface area contributed by atoms with Gasteiger partial charge < -0.3 is 9.84 Å². The summed E-state index contributed by atoms with van der Waals surface area (Å²) in [5.41, 5.74) is 1.09. The van der Waals surface area contributed by atoms with Gasteiger partial charge in [0.05, 0.1) is 0 Å². The second-order valence-corrected chi connectivity index (χ2v) is 5.58. The zero-order chi connectivity index (χ0) is 13.1. The first-order valence-electron chi connectivity index (χ1n) is 5.72. The minimum atomic E-state index is -0.621. The standard InChI is InChI=1S/C14H15ClO2S/c1-9-6-7-18-14(9)13(16)10(2)17-12-5-3-4-11(15)8-12/h3-8,10,13,16H,1-2H3. The predicted octanol–water partition coefficient (Wildman–Crippen LogP) is 4.21. The molecule has 0 saturated heterocycles. The highest BCUT2D eigenvalue weighted by Crippen LogP contribution is 2.29. The smallest absolute Gasteiger partial charge is 0.127 e. The van der Waals surface area contributed by atoms with E-state index in [0.717, 1.165) is 10.4 Å². The summed E-state index contributed by atoms with van der Waals surface area (Å²) in [6, 6.07) is 9.18. The van der Waals surface area contributed by atoms with Crippen molar-refractivity contribution in [3.8, 4) is 5.75 Å². The Morgan fingerprint density at radius 3 is 2.72 bits per heavy atom. The van der Waals surface area contributed by atoms with Crippen LogP contribution in [0, 0.1) is 6.92 Å². The maximum Gasteiger partial charge on any atom is 0.127 e. The van der Waals surface area contributed by atoms with Gasteiger partial charge in [-0.15, -0.1) is 11.3 Å². The molecule has 0 fully saturated rings. The first-order chi connectivity index (χ1) is 8.58. The number of thiophene rings is 1. The fraction of sp³-hybridized carbons (Fsp3) is 0.286. The number of aliphatic hydroxyl groups is 1. The van der Waals surface area contributed by atoms with Gasteiger partial charge in [0.2, 0.25) is 0 Å². The van der Waals surface area contributed by atoms with Crippen molar-refractivity contribution in [2.45, 2.75) is 26.1 Å². The number of ether oxygens (including phenoxy) is 1. The van der Waals surface area contributed by atoms with Crippen LogP contribution in [0.2, 0.25) is 5.02 Å². The van der Waals surface area contributed by atoms with E-state index in [1.165, 1.54) is 0 Å². The Morgan fingerprint density at radius 1 is 1.33 bits per heavy atom. The molecule has 0 saturated carbocycles. The third-order valence-electron chi connectivity index (χ3n) is 2.73. The van der Waals surface area contributed by atoms with Crippen molar-refractivity contribution in [3.63, 3.8) is 0 Å². The normalized spacial score (nSPS) is 14.2. The second-order valence-electron chi connectivity index (χ2n) is 4.19. The van der Waals surface area contributed by atoms with E-state index in [0.29, 0.717) is 10.8 Å². The summed E-state index contributed by atoms with van der Waals surface area (Å²) < 4.78 is 5.71. The first kappa shape index (κ1) is 13.4. The summed E-state index contributed by atoms with van der Waals surface area (Å²) in [5.74, 6) is 0.670. The zero-order valence-corrected chi connectivity index (χ0v) is 11.8. The van der Waals surface area contributed by atoms with Crippen LogP contribution in [0.5, 0.6) is 5.75 Å². The summed E-state index contributed by atoms with van der Waals surface area (Å²) in [7, 11) is 0. The summed E-state index contributed by atoms with van der Waals surface area (Å²) in [4.78, 5) is 0.949. The Hall–Kier alpha value is -1.03. The van der Waals surface area contributed by atoms with Crippen molar-refractivity contribution in [3.05, 3.63) is 51.2 Å². The molecule has 2 atom stereocenters. The van der Waals surface area contributed by atoms with Crippen molar-refractivity contribution in [2.24, 2.45) is 0 Å². The molecule has 0 aliphatic heterocycles. The lowest BCUT2D eigenvalue weighted by Crippen LogP contribution is -2.21. The van der Waals surface area contributed by atoms with Crippen molar-refractivity contribution >= 4 is 22.9 Å². The predicted molar refractivity (Wildman–Crippen MR) is 75.6 cm³/mol. The quantitative estimate of drug-likeness (QED) is 0.910. The van der Waals surface area contributed by atoms with Crippen LogP contribution in [-0.2, 0) is 0 Å². The molecule has 96 valence electrons. The summed E-state index contributed by atoms with van der Waals surface area (Å²) in [6.45, 7) is 3.84. The van der Waals surface area contributed by atoms with Crippen LogP contribution in [0.25, 0.3) is 0 Å². The Morgan fingerprint density at radius 2 is 2.11 bits per heavy atom. The molecule has 0 radical (unpaired) electrons. The second kappa shape index (κ2) is 5.74. The molecule has 2 aromatic rings. The Bertz CT molecular complexity index is 524. The SMILES string of the molecule is Cc1ccsc1C(O)C(C)Oc1cccc(Cl)c1. The number of benzene rings is 1. The molecule has 0 bridgehead atoms. The molecule has 0 spiro atoms. The van der Waals surface area contributed by atoms with E-state index in [2.05, 4.69) is 0 Å². The Kier molecular flexibility index (Phi) is 4.27. The van der Waals surface area contributed by atoms with E-state index in [1.54, 1.807) is 23.5 Å². The van der Waals surface area contributed by atoms with Gasteiger partial charge in [-0.2, -0.15) is 0 Å². The lowest BCUT2D eigenvalue weighted by atomic mass is 10.1. The minimum Gasteiger partial charge on any atom is -0.488 e. The lowest BCUT2D eigenvalue weighted by Gasteiger charge is -2.20. The van der Waals surface area contributed by atoms with E-state index in [9.17, 15) is 5.11 Å². The molecule has 1 heterocycles. The van der Waals surface area contributed by atoms with Gasteiger partial charge in [-0.25, -0.2) is 0 Å². The molecule has 18 heavy (non-hydrogen) atoms. The molecular weight excluding hydrogens is 268 g/mol. The van der Waals surface area contributed by atoms with Crippen molar-refractivity contribution in [2.75, 3.05) is 0 Å². The van der Waals surface area contributed by atoms with Gasteiger partial charge in [0.25, 0.3) is 0 Å². The maximum absolute atomic E-state index is 10.2. The van der Waals surface area contributed by atoms with Crippen LogP contribution in [0.1, 0.15) is 23.5 Å². The van der Waals surface area contributed by atoms with Gasteiger partial charge in [-0.3, -0.25) is 0 Å². The molecule has 4 heteroatoms. The molecule has 1 aromatic heterocycles. The summed E-state index contributed by atoms with van der Waals surface area (Å²) in [5, 5.41) is 12.8. The molecule has 0 amide bonds. The van der Waals surface area contributed by atoms with Gasteiger partial charge in [0, 0.05) is 9.90 Å². The number of aryl methyl sites for hydroxylation is 1. The monoisotopic (exact) mass is 282 g/mol. The van der Waals surface area contributed by atoms with Gasteiger partial charge in [-0.1, -0.05) is 17.7 Å². The van der Waals surface area contributed by atoms with Gasteiger partial charge in [-0.05, 0) is 49.1 Å². The van der Waals surface area contributed by atoms with E-state index >= 15 is 0 Å². The van der Waals surface area contributed by atoms with Crippen molar-refractivity contribution in [1.82, 2.24) is 0 Å². The van der Waals surface area contributed by atoms with Gasteiger partial charge in [0.15, 0.2) is 0 Å². The van der Waals surface area contributed by atoms with Crippen LogP contribution in [0.4, 0.5) is 0 Å². The fourth-order valence-corrected chi connectivity index (χ4v) is 2.90. The average molecular weight is 283 g/mol. The van der Waals surface area contributed by atoms with Gasteiger partial charge >= 0.3 is 0 Å². The molecule has 2 nitrogen and oxygen atoms in total. The largest absolute Gasteiger partial charge is 0.488 e.